The van der Waals surface area contributed by atoms with Crippen molar-refractivity contribution in [3.8, 4) is 0 Å². The van der Waals surface area contributed by atoms with Crippen LogP contribution < -0.4 is 5.32 Å². The highest BCUT2D eigenvalue weighted by Crippen LogP contribution is 2.16. The minimum Gasteiger partial charge on any atom is -0.380 e. The third kappa shape index (κ3) is 3.29. The summed E-state index contributed by atoms with van der Waals surface area (Å²) in [4.78, 5) is 29.0. The molecule has 102 valence electrons. The molecular formula is C13H17N3O3. The highest BCUT2D eigenvalue weighted by Gasteiger charge is 2.26. The first-order valence-corrected chi connectivity index (χ1v) is 6.16. The number of nitrogens with zero attached hydrogens (tertiary/aromatic N) is 2. The van der Waals surface area contributed by atoms with Gasteiger partial charge >= 0.3 is 0 Å². The molecule has 0 bridgehead atoms. The Kier molecular flexibility index (Phi) is 4.11. The Hall–Kier alpha value is -1.95. The van der Waals surface area contributed by atoms with Crippen LogP contribution in [0.1, 0.15) is 23.7 Å². The minimum absolute atomic E-state index is 0.0615. The van der Waals surface area contributed by atoms with Crippen LogP contribution in [-0.4, -0.2) is 48.0 Å². The van der Waals surface area contributed by atoms with Gasteiger partial charge in [-0.05, 0) is 18.6 Å². The molecule has 1 aromatic heterocycles. The van der Waals surface area contributed by atoms with Gasteiger partial charge in [-0.2, -0.15) is 0 Å². The first kappa shape index (κ1) is 13.5. The van der Waals surface area contributed by atoms with E-state index < -0.39 is 0 Å². The van der Waals surface area contributed by atoms with E-state index in [1.165, 1.54) is 13.1 Å². The summed E-state index contributed by atoms with van der Waals surface area (Å²) >= 11 is 0. The van der Waals surface area contributed by atoms with Crippen LogP contribution in [0.4, 0.5) is 5.82 Å². The lowest BCUT2D eigenvalue weighted by molar-refractivity contribution is -0.114. The van der Waals surface area contributed by atoms with Crippen LogP contribution in [0, 0.1) is 0 Å². The molecule has 1 saturated heterocycles. The molecule has 0 radical (unpaired) electrons. The van der Waals surface area contributed by atoms with E-state index in [-0.39, 0.29) is 17.9 Å². The minimum atomic E-state index is -0.210. The number of likely N-dealkylation sites (tertiary alicyclic amines) is 1. The second kappa shape index (κ2) is 5.79. The fourth-order valence-electron chi connectivity index (χ4n) is 2.10. The smallest absolute Gasteiger partial charge is 0.254 e. The first-order valence-electron chi connectivity index (χ1n) is 6.16. The molecule has 6 heteroatoms. The summed E-state index contributed by atoms with van der Waals surface area (Å²) in [5.41, 5.74) is 0.524. The largest absolute Gasteiger partial charge is 0.380 e. The van der Waals surface area contributed by atoms with Crippen molar-refractivity contribution in [2.24, 2.45) is 0 Å². The third-order valence-electron chi connectivity index (χ3n) is 3.08. The van der Waals surface area contributed by atoms with Crippen molar-refractivity contribution in [2.45, 2.75) is 19.4 Å². The van der Waals surface area contributed by atoms with Crippen LogP contribution >= 0.6 is 0 Å². The van der Waals surface area contributed by atoms with E-state index >= 15 is 0 Å². The molecule has 0 saturated carbocycles. The van der Waals surface area contributed by atoms with Crippen LogP contribution in [0.2, 0.25) is 0 Å². The predicted octanol–water partition coefficient (Wildman–Crippen LogP) is 0.901. The second-order valence-corrected chi connectivity index (χ2v) is 4.51. The summed E-state index contributed by atoms with van der Waals surface area (Å²) in [6.07, 6.45) is 2.48. The number of aromatic nitrogens is 1. The van der Waals surface area contributed by atoms with Crippen molar-refractivity contribution in [1.82, 2.24) is 9.88 Å². The zero-order chi connectivity index (χ0) is 13.8. The number of pyridine rings is 1. The fraction of sp³-hybridized carbons (Fsp3) is 0.462. The molecular weight excluding hydrogens is 246 g/mol. The molecule has 2 amide bonds. The summed E-state index contributed by atoms with van der Waals surface area (Å²) in [5.74, 6) is 0.118. The maximum atomic E-state index is 12.3. The van der Waals surface area contributed by atoms with E-state index in [9.17, 15) is 9.59 Å². The van der Waals surface area contributed by atoms with Crippen molar-refractivity contribution in [1.29, 1.82) is 0 Å². The quantitative estimate of drug-likeness (QED) is 0.879. The van der Waals surface area contributed by atoms with E-state index in [1.54, 1.807) is 24.1 Å². The van der Waals surface area contributed by atoms with Gasteiger partial charge in [0.25, 0.3) is 5.91 Å². The van der Waals surface area contributed by atoms with Crippen LogP contribution in [0.15, 0.2) is 18.3 Å². The van der Waals surface area contributed by atoms with Crippen LogP contribution in [0.3, 0.4) is 0 Å². The molecule has 1 aliphatic heterocycles. The van der Waals surface area contributed by atoms with Gasteiger partial charge < -0.3 is 15.0 Å². The number of anilines is 1. The Balaban J connectivity index is 2.09. The van der Waals surface area contributed by atoms with E-state index in [1.807, 2.05) is 0 Å². The lowest BCUT2D eigenvalue weighted by Gasteiger charge is -2.16. The molecule has 19 heavy (non-hydrogen) atoms. The number of hydrogen-bond donors (Lipinski definition) is 1. The van der Waals surface area contributed by atoms with Crippen molar-refractivity contribution in [3.63, 3.8) is 0 Å². The molecule has 1 aromatic rings. The van der Waals surface area contributed by atoms with E-state index in [4.69, 9.17) is 4.74 Å². The van der Waals surface area contributed by atoms with Crippen molar-refractivity contribution in [2.75, 3.05) is 25.5 Å². The number of hydrogen-bond acceptors (Lipinski definition) is 4. The number of carbonyl (C=O) groups is 2. The van der Waals surface area contributed by atoms with Crippen LogP contribution in [0.5, 0.6) is 0 Å². The average Bonchev–Trinajstić information content (AvgIpc) is 2.86. The monoisotopic (exact) mass is 263 g/mol. The summed E-state index contributed by atoms with van der Waals surface area (Å²) in [6, 6.07) is 3.23. The maximum Gasteiger partial charge on any atom is 0.254 e. The summed E-state index contributed by atoms with van der Waals surface area (Å²) in [7, 11) is 1.65. The zero-order valence-corrected chi connectivity index (χ0v) is 11.0. The summed E-state index contributed by atoms with van der Waals surface area (Å²) < 4.78 is 5.24. The van der Waals surface area contributed by atoms with Crippen LogP contribution in [0.25, 0.3) is 0 Å². The number of ether oxygens (including phenoxy) is 1. The van der Waals surface area contributed by atoms with Gasteiger partial charge in [0.2, 0.25) is 5.91 Å². The molecule has 1 atom stereocenters. The summed E-state index contributed by atoms with van der Waals surface area (Å²) in [5, 5.41) is 2.57. The normalized spacial score (nSPS) is 18.4. The zero-order valence-electron chi connectivity index (χ0n) is 11.0. The fourth-order valence-corrected chi connectivity index (χ4v) is 2.10. The van der Waals surface area contributed by atoms with Crippen molar-refractivity contribution >= 4 is 17.6 Å². The second-order valence-electron chi connectivity index (χ2n) is 4.51. The topological polar surface area (TPSA) is 71.5 Å². The molecule has 1 N–H and O–H groups in total. The third-order valence-corrected chi connectivity index (χ3v) is 3.08. The number of carbonyl (C=O) groups excluding carboxylic acids is 2. The van der Waals surface area contributed by atoms with Gasteiger partial charge in [-0.25, -0.2) is 4.98 Å². The Morgan fingerprint density at radius 3 is 2.95 bits per heavy atom. The Morgan fingerprint density at radius 2 is 2.32 bits per heavy atom. The highest BCUT2D eigenvalue weighted by molar-refractivity contribution is 5.96. The Bertz CT molecular complexity index is 490. The van der Waals surface area contributed by atoms with Gasteiger partial charge in [-0.3, -0.25) is 9.59 Å². The molecule has 2 heterocycles. The van der Waals surface area contributed by atoms with Gasteiger partial charge in [0.05, 0.1) is 6.10 Å². The van der Waals surface area contributed by atoms with Gasteiger partial charge in [0.15, 0.2) is 0 Å². The molecule has 6 nitrogen and oxygen atoms in total. The van der Waals surface area contributed by atoms with E-state index in [2.05, 4.69) is 10.3 Å². The number of rotatable bonds is 3. The van der Waals surface area contributed by atoms with Gasteiger partial charge in [0, 0.05) is 38.9 Å². The lowest BCUT2D eigenvalue weighted by Crippen LogP contribution is -2.30. The van der Waals surface area contributed by atoms with Crippen molar-refractivity contribution in [3.05, 3.63) is 23.9 Å². The molecule has 1 aliphatic rings. The van der Waals surface area contributed by atoms with Crippen LogP contribution in [-0.2, 0) is 9.53 Å². The lowest BCUT2D eigenvalue weighted by atomic mass is 10.2. The Morgan fingerprint density at radius 1 is 1.53 bits per heavy atom. The predicted molar refractivity (Wildman–Crippen MR) is 69.9 cm³/mol. The van der Waals surface area contributed by atoms with E-state index in [0.29, 0.717) is 24.5 Å². The van der Waals surface area contributed by atoms with Gasteiger partial charge in [0.1, 0.15) is 5.82 Å². The first-order chi connectivity index (χ1) is 9.10. The number of amides is 2. The molecule has 1 fully saturated rings. The maximum absolute atomic E-state index is 12.3. The standard InChI is InChI=1S/C13H17N3O3/c1-9(17)15-12-7-10(3-5-14-12)13(18)16-6-4-11(8-16)19-2/h3,5,7,11H,4,6,8H2,1-2H3,(H,14,15,17). The SMILES string of the molecule is COC1CCN(C(=O)c2ccnc(NC(C)=O)c2)C1. The highest BCUT2D eigenvalue weighted by atomic mass is 16.5. The average molecular weight is 263 g/mol. The Labute approximate surface area is 111 Å². The molecule has 0 aliphatic carbocycles. The van der Waals surface area contributed by atoms with E-state index in [0.717, 1.165) is 6.42 Å². The molecule has 0 spiro atoms. The van der Waals surface area contributed by atoms with Crippen molar-refractivity contribution < 1.29 is 14.3 Å². The molecule has 2 rings (SSSR count). The molecule has 0 aromatic carbocycles. The van der Waals surface area contributed by atoms with Gasteiger partial charge in [-0.1, -0.05) is 0 Å². The summed E-state index contributed by atoms with van der Waals surface area (Å²) in [6.45, 7) is 2.70. The molecule has 1 unspecified atom stereocenters. The number of nitrogens with one attached hydrogen (secondary N) is 1. The van der Waals surface area contributed by atoms with Gasteiger partial charge in [-0.15, -0.1) is 0 Å². The number of methoxy groups -OCH3 is 1.